The topological polar surface area (TPSA) is 62.3 Å². The minimum atomic E-state index is -0.794. The Morgan fingerprint density at radius 3 is 2.73 bits per heavy atom. The molecular weight excluding hydrogens is 298 g/mol. The molecule has 5 nitrogen and oxygen atoms in total. The number of carbonyl (C=O) groups is 2. The number of thiazole rings is 1. The minimum absolute atomic E-state index is 0.176. The van der Waals surface area contributed by atoms with Crippen molar-refractivity contribution in [2.75, 3.05) is 4.90 Å². The summed E-state index contributed by atoms with van der Waals surface area (Å²) >= 11 is 1.49. The fraction of sp³-hybridized carbons (Fsp3) is 0.688. The van der Waals surface area contributed by atoms with Crippen molar-refractivity contribution in [3.8, 4) is 0 Å². The maximum atomic E-state index is 12.7. The Labute approximate surface area is 135 Å². The van der Waals surface area contributed by atoms with Gasteiger partial charge in [-0.3, -0.25) is 4.79 Å². The van der Waals surface area contributed by atoms with E-state index in [2.05, 4.69) is 24.1 Å². The van der Waals surface area contributed by atoms with E-state index in [0.29, 0.717) is 11.6 Å². The predicted molar refractivity (Wildman–Crippen MR) is 87.3 cm³/mol. The van der Waals surface area contributed by atoms with Crippen LogP contribution in [0, 0.1) is 5.41 Å². The molecule has 6 heteroatoms. The number of carbonyl (C=O) groups excluding carboxylic acids is 2. The third-order valence-electron chi connectivity index (χ3n) is 4.65. The quantitative estimate of drug-likeness (QED) is 0.869. The van der Waals surface area contributed by atoms with Gasteiger partial charge in [-0.05, 0) is 38.0 Å². The monoisotopic (exact) mass is 321 g/mol. The Hall–Kier alpha value is -1.43. The van der Waals surface area contributed by atoms with Crippen molar-refractivity contribution in [2.24, 2.45) is 5.41 Å². The molecule has 1 unspecified atom stereocenters. The van der Waals surface area contributed by atoms with E-state index in [4.69, 9.17) is 0 Å². The molecule has 2 aliphatic rings. The minimum Gasteiger partial charge on any atom is -0.323 e. The van der Waals surface area contributed by atoms with Gasteiger partial charge in [-0.15, -0.1) is 11.3 Å². The van der Waals surface area contributed by atoms with E-state index in [9.17, 15) is 9.59 Å². The molecule has 1 fully saturated rings. The number of amides is 3. The zero-order chi connectivity index (χ0) is 16.1. The van der Waals surface area contributed by atoms with E-state index in [1.54, 1.807) is 6.92 Å². The molecule has 0 spiro atoms. The highest BCUT2D eigenvalue weighted by Crippen LogP contribution is 2.40. The highest BCUT2D eigenvalue weighted by Gasteiger charge is 2.49. The van der Waals surface area contributed by atoms with Gasteiger partial charge in [0.25, 0.3) is 5.91 Å². The number of fused-ring (bicyclic) bond motifs is 1. The third kappa shape index (κ3) is 2.43. The molecule has 3 amide bonds. The molecule has 0 saturated carbocycles. The summed E-state index contributed by atoms with van der Waals surface area (Å²) in [6.45, 7) is 8.31. The maximum Gasteiger partial charge on any atom is 0.331 e. The molecule has 120 valence electrons. The van der Waals surface area contributed by atoms with Crippen LogP contribution >= 0.6 is 11.3 Å². The number of hydrogen-bond donors (Lipinski definition) is 1. The molecule has 1 aliphatic carbocycles. The summed E-state index contributed by atoms with van der Waals surface area (Å²) in [6.07, 6.45) is 4.48. The lowest BCUT2D eigenvalue weighted by atomic mass is 9.79. The number of nitrogens with zero attached hydrogens (tertiary/aromatic N) is 2. The van der Waals surface area contributed by atoms with Crippen LogP contribution in [-0.4, -0.2) is 22.5 Å². The Balaban J connectivity index is 1.91. The first-order chi connectivity index (χ1) is 10.3. The second-order valence-corrected chi connectivity index (χ2v) is 8.42. The third-order valence-corrected chi connectivity index (χ3v) is 5.73. The van der Waals surface area contributed by atoms with Crippen LogP contribution in [0.3, 0.4) is 0 Å². The van der Waals surface area contributed by atoms with E-state index >= 15 is 0 Å². The Kier molecular flexibility index (Phi) is 3.55. The second kappa shape index (κ2) is 5.05. The summed E-state index contributed by atoms with van der Waals surface area (Å²) in [5, 5.41) is 3.36. The van der Waals surface area contributed by atoms with E-state index in [1.807, 2.05) is 6.92 Å². The molecule has 0 radical (unpaired) electrons. The molecule has 1 saturated heterocycles. The largest absolute Gasteiger partial charge is 0.331 e. The van der Waals surface area contributed by atoms with Gasteiger partial charge in [0.2, 0.25) is 5.13 Å². The second-order valence-electron chi connectivity index (χ2n) is 7.36. The first-order valence-corrected chi connectivity index (χ1v) is 8.73. The zero-order valence-corrected chi connectivity index (χ0v) is 14.5. The van der Waals surface area contributed by atoms with E-state index < -0.39 is 5.54 Å². The highest BCUT2D eigenvalue weighted by molar-refractivity contribution is 7.16. The maximum absolute atomic E-state index is 12.7. The van der Waals surface area contributed by atoms with Crippen molar-refractivity contribution in [3.05, 3.63) is 10.6 Å². The molecule has 0 bridgehead atoms. The molecule has 3 rings (SSSR count). The van der Waals surface area contributed by atoms with E-state index in [0.717, 1.165) is 31.4 Å². The molecular formula is C16H23N3O2S. The first-order valence-electron chi connectivity index (χ1n) is 7.91. The standard InChI is InChI=1S/C16H23N3O2S/c1-5-7-16(4)12(20)19(13(21)18-16)14-17-10-6-8-15(2,3)9-11(10)22-14/h5-9H2,1-4H3,(H,18,21). The van der Waals surface area contributed by atoms with Crippen molar-refractivity contribution < 1.29 is 9.59 Å². The van der Waals surface area contributed by atoms with Gasteiger partial charge in [-0.2, -0.15) is 0 Å². The van der Waals surface area contributed by atoms with Crippen LogP contribution in [0.4, 0.5) is 9.93 Å². The lowest BCUT2D eigenvalue weighted by Gasteiger charge is -2.28. The number of imide groups is 1. The van der Waals surface area contributed by atoms with Crippen LogP contribution in [0.15, 0.2) is 0 Å². The van der Waals surface area contributed by atoms with Gasteiger partial charge in [-0.25, -0.2) is 14.7 Å². The summed E-state index contributed by atoms with van der Waals surface area (Å²) in [5.41, 5.74) is 0.534. The summed E-state index contributed by atoms with van der Waals surface area (Å²) in [7, 11) is 0. The normalized spacial score (nSPS) is 27.0. The van der Waals surface area contributed by atoms with Crippen LogP contribution in [0.1, 0.15) is 57.5 Å². The van der Waals surface area contributed by atoms with E-state index in [1.165, 1.54) is 21.1 Å². The van der Waals surface area contributed by atoms with Gasteiger partial charge >= 0.3 is 6.03 Å². The van der Waals surface area contributed by atoms with Crippen molar-refractivity contribution in [2.45, 2.75) is 65.3 Å². The van der Waals surface area contributed by atoms with Gasteiger partial charge < -0.3 is 5.32 Å². The first kappa shape index (κ1) is 15.5. The summed E-state index contributed by atoms with van der Waals surface area (Å²) < 4.78 is 0. The molecule has 0 aromatic carbocycles. The van der Waals surface area contributed by atoms with Gasteiger partial charge in [0.05, 0.1) is 5.69 Å². The van der Waals surface area contributed by atoms with Crippen LogP contribution < -0.4 is 10.2 Å². The van der Waals surface area contributed by atoms with Crippen LogP contribution in [0.5, 0.6) is 0 Å². The van der Waals surface area contributed by atoms with Gasteiger partial charge in [0, 0.05) is 4.88 Å². The number of aromatic nitrogens is 1. The van der Waals surface area contributed by atoms with Gasteiger partial charge in [-0.1, -0.05) is 27.2 Å². The highest BCUT2D eigenvalue weighted by atomic mass is 32.1. The van der Waals surface area contributed by atoms with Crippen molar-refractivity contribution in [3.63, 3.8) is 0 Å². The molecule has 2 heterocycles. The van der Waals surface area contributed by atoms with Gasteiger partial charge in [0.1, 0.15) is 5.54 Å². The molecule has 1 aromatic rings. The van der Waals surface area contributed by atoms with Crippen molar-refractivity contribution in [1.82, 2.24) is 10.3 Å². The number of anilines is 1. The number of hydrogen-bond acceptors (Lipinski definition) is 4. The Morgan fingerprint density at radius 1 is 1.32 bits per heavy atom. The van der Waals surface area contributed by atoms with Crippen LogP contribution in [0.2, 0.25) is 0 Å². The van der Waals surface area contributed by atoms with Crippen LogP contribution in [0.25, 0.3) is 0 Å². The number of nitrogens with one attached hydrogen (secondary N) is 1. The lowest BCUT2D eigenvalue weighted by molar-refractivity contribution is -0.121. The average Bonchev–Trinajstić information content (AvgIpc) is 2.88. The Bertz CT molecular complexity index is 637. The van der Waals surface area contributed by atoms with Crippen molar-refractivity contribution in [1.29, 1.82) is 0 Å². The average molecular weight is 321 g/mol. The summed E-state index contributed by atoms with van der Waals surface area (Å²) in [4.78, 5) is 32.0. The summed E-state index contributed by atoms with van der Waals surface area (Å²) in [5.74, 6) is -0.176. The zero-order valence-electron chi connectivity index (χ0n) is 13.7. The smallest absolute Gasteiger partial charge is 0.323 e. The van der Waals surface area contributed by atoms with Gasteiger partial charge in [0.15, 0.2) is 0 Å². The molecule has 1 aliphatic heterocycles. The number of aryl methyl sites for hydroxylation is 1. The van der Waals surface area contributed by atoms with E-state index in [-0.39, 0.29) is 17.4 Å². The number of rotatable bonds is 3. The summed E-state index contributed by atoms with van der Waals surface area (Å²) in [6, 6.07) is -0.341. The van der Waals surface area contributed by atoms with Crippen molar-refractivity contribution >= 4 is 28.4 Å². The fourth-order valence-corrected chi connectivity index (χ4v) is 4.67. The molecule has 1 N–H and O–H groups in total. The lowest BCUT2D eigenvalue weighted by Crippen LogP contribution is -2.43. The SMILES string of the molecule is CCCC1(C)NC(=O)N(c2nc3c(s2)CC(C)(C)CC3)C1=O. The Morgan fingerprint density at radius 2 is 2.05 bits per heavy atom. The molecule has 1 atom stereocenters. The molecule has 1 aromatic heterocycles. The number of urea groups is 1. The predicted octanol–water partition coefficient (Wildman–Crippen LogP) is 3.27. The molecule has 22 heavy (non-hydrogen) atoms. The fourth-order valence-electron chi connectivity index (χ4n) is 3.31. The van der Waals surface area contributed by atoms with Crippen LogP contribution in [-0.2, 0) is 17.6 Å².